The molecule has 7 heteroatoms. The van der Waals surface area contributed by atoms with Gasteiger partial charge in [0.15, 0.2) is 0 Å². The third kappa shape index (κ3) is 5.23. The predicted octanol–water partition coefficient (Wildman–Crippen LogP) is 3.01. The summed E-state index contributed by atoms with van der Waals surface area (Å²) in [5.74, 6) is 0.00315. The topological polar surface area (TPSA) is 69.7 Å². The average molecular weight is 414 g/mol. The third-order valence-corrected chi connectivity index (χ3v) is 5.76. The van der Waals surface area contributed by atoms with Crippen LogP contribution in [-0.2, 0) is 11.3 Å². The number of nitrogens with one attached hydrogen (secondary N) is 1. The molecule has 29 heavy (non-hydrogen) atoms. The van der Waals surface area contributed by atoms with Crippen LogP contribution in [-0.4, -0.2) is 53.7 Å². The summed E-state index contributed by atoms with van der Waals surface area (Å²) < 4.78 is 0. The van der Waals surface area contributed by atoms with Gasteiger partial charge < -0.3 is 15.1 Å². The Kier molecular flexibility index (Phi) is 6.37. The summed E-state index contributed by atoms with van der Waals surface area (Å²) in [6.45, 7) is 8.37. The predicted molar refractivity (Wildman–Crippen MR) is 114 cm³/mol. The van der Waals surface area contributed by atoms with Crippen LogP contribution in [0.3, 0.4) is 0 Å². The monoisotopic (exact) mass is 413 g/mol. The summed E-state index contributed by atoms with van der Waals surface area (Å²) in [5, 5.41) is 4.75. The maximum absolute atomic E-state index is 12.8. The van der Waals surface area contributed by atoms with E-state index in [1.165, 1.54) is 11.3 Å². The Labute approximate surface area is 175 Å². The van der Waals surface area contributed by atoms with Crippen molar-refractivity contribution in [1.82, 2.24) is 15.1 Å². The molecule has 6 nitrogen and oxygen atoms in total. The molecule has 1 aromatic heterocycles. The maximum Gasteiger partial charge on any atom is 0.261 e. The van der Waals surface area contributed by atoms with Crippen molar-refractivity contribution in [2.75, 3.05) is 26.2 Å². The minimum atomic E-state index is -0.402. The van der Waals surface area contributed by atoms with Crippen LogP contribution in [0.4, 0.5) is 0 Å². The molecule has 0 spiro atoms. The van der Waals surface area contributed by atoms with Crippen LogP contribution in [0.15, 0.2) is 41.8 Å². The lowest BCUT2D eigenvalue weighted by Gasteiger charge is -2.37. The molecular weight excluding hydrogens is 386 g/mol. The quantitative estimate of drug-likeness (QED) is 0.838. The lowest BCUT2D eigenvalue weighted by Crippen LogP contribution is -2.53. The summed E-state index contributed by atoms with van der Waals surface area (Å²) >= 11 is 1.40. The fourth-order valence-corrected chi connectivity index (χ4v) is 3.85. The summed E-state index contributed by atoms with van der Waals surface area (Å²) in [6, 6.07) is 10.9. The molecule has 3 amide bonds. The number of thiophene rings is 1. The molecule has 1 aromatic carbocycles. The van der Waals surface area contributed by atoms with Crippen molar-refractivity contribution in [2.45, 2.75) is 27.3 Å². The van der Waals surface area contributed by atoms with Gasteiger partial charge in [-0.05, 0) is 29.1 Å². The molecule has 0 unspecified atom stereocenters. The highest BCUT2D eigenvalue weighted by Crippen LogP contribution is 2.19. The number of benzene rings is 1. The molecule has 2 heterocycles. The zero-order valence-corrected chi connectivity index (χ0v) is 17.9. The average Bonchev–Trinajstić information content (AvgIpc) is 3.26. The summed E-state index contributed by atoms with van der Waals surface area (Å²) in [7, 11) is 0. The van der Waals surface area contributed by atoms with E-state index in [-0.39, 0.29) is 17.7 Å². The lowest BCUT2D eigenvalue weighted by atomic mass is 9.94. The first-order chi connectivity index (χ1) is 13.8. The zero-order chi connectivity index (χ0) is 21.0. The zero-order valence-electron chi connectivity index (χ0n) is 17.1. The molecule has 0 atom stereocenters. The van der Waals surface area contributed by atoms with Crippen molar-refractivity contribution in [3.63, 3.8) is 0 Å². The molecule has 0 radical (unpaired) electrons. The van der Waals surface area contributed by atoms with E-state index in [1.807, 2.05) is 49.3 Å². The van der Waals surface area contributed by atoms with Gasteiger partial charge in [0.05, 0.1) is 4.88 Å². The molecule has 154 valence electrons. The van der Waals surface area contributed by atoms with Crippen molar-refractivity contribution in [2.24, 2.45) is 5.41 Å². The molecule has 3 rings (SSSR count). The van der Waals surface area contributed by atoms with Crippen LogP contribution in [0.25, 0.3) is 0 Å². The van der Waals surface area contributed by atoms with Crippen molar-refractivity contribution in [3.05, 3.63) is 57.8 Å². The number of piperazine rings is 1. The molecule has 1 N–H and O–H groups in total. The van der Waals surface area contributed by atoms with Crippen molar-refractivity contribution in [1.29, 1.82) is 0 Å². The highest BCUT2D eigenvalue weighted by Gasteiger charge is 2.31. The van der Waals surface area contributed by atoms with E-state index < -0.39 is 5.41 Å². The van der Waals surface area contributed by atoms with E-state index in [1.54, 1.807) is 23.1 Å². The van der Waals surface area contributed by atoms with Crippen LogP contribution in [0.2, 0.25) is 0 Å². The van der Waals surface area contributed by atoms with Crippen LogP contribution in [0.5, 0.6) is 0 Å². The number of carbonyl (C=O) groups is 3. The molecule has 0 aliphatic carbocycles. The van der Waals surface area contributed by atoms with E-state index >= 15 is 0 Å². The van der Waals surface area contributed by atoms with Gasteiger partial charge in [0.25, 0.3) is 11.8 Å². The minimum absolute atomic E-state index is 0.0259. The van der Waals surface area contributed by atoms with Crippen LogP contribution in [0.1, 0.15) is 46.4 Å². The lowest BCUT2D eigenvalue weighted by molar-refractivity contribution is -0.140. The van der Waals surface area contributed by atoms with Gasteiger partial charge >= 0.3 is 0 Å². The molecule has 1 fully saturated rings. The van der Waals surface area contributed by atoms with Gasteiger partial charge in [-0.15, -0.1) is 11.3 Å². The Balaban J connectivity index is 1.52. The van der Waals surface area contributed by atoms with Crippen molar-refractivity contribution < 1.29 is 14.4 Å². The highest BCUT2D eigenvalue weighted by atomic mass is 32.1. The fourth-order valence-electron chi connectivity index (χ4n) is 3.21. The van der Waals surface area contributed by atoms with E-state index in [0.717, 1.165) is 5.56 Å². The highest BCUT2D eigenvalue weighted by molar-refractivity contribution is 7.12. The van der Waals surface area contributed by atoms with Gasteiger partial charge in [-0.3, -0.25) is 14.4 Å². The fraction of sp³-hybridized carbons (Fsp3) is 0.409. The van der Waals surface area contributed by atoms with Gasteiger partial charge in [0, 0.05) is 43.7 Å². The number of rotatable bonds is 4. The standard InChI is InChI=1S/C22H27N3O3S/c1-22(2,3)21(28)25-12-10-24(11-13-25)20(27)17-8-6-16(7-9-17)15-23-19(26)18-5-4-14-29-18/h4-9,14H,10-13,15H2,1-3H3,(H,23,26). The number of nitrogens with zero attached hydrogens (tertiary/aromatic N) is 2. The van der Waals surface area contributed by atoms with Crippen LogP contribution < -0.4 is 5.32 Å². The number of hydrogen-bond donors (Lipinski definition) is 1. The van der Waals surface area contributed by atoms with E-state index in [9.17, 15) is 14.4 Å². The Morgan fingerprint density at radius 2 is 1.59 bits per heavy atom. The van der Waals surface area contributed by atoms with Gasteiger partial charge in [0.1, 0.15) is 0 Å². The van der Waals surface area contributed by atoms with Gasteiger partial charge in [-0.2, -0.15) is 0 Å². The van der Waals surface area contributed by atoms with Crippen LogP contribution >= 0.6 is 11.3 Å². The smallest absolute Gasteiger partial charge is 0.261 e. The first-order valence-corrected chi connectivity index (χ1v) is 10.6. The van der Waals surface area contributed by atoms with E-state index in [0.29, 0.717) is 43.2 Å². The van der Waals surface area contributed by atoms with Gasteiger partial charge in [0.2, 0.25) is 5.91 Å². The SMILES string of the molecule is CC(C)(C)C(=O)N1CCN(C(=O)c2ccc(CNC(=O)c3cccs3)cc2)CC1. The van der Waals surface area contributed by atoms with Crippen molar-refractivity contribution in [3.8, 4) is 0 Å². The second kappa shape index (κ2) is 8.78. The van der Waals surface area contributed by atoms with E-state index in [4.69, 9.17) is 0 Å². The molecule has 0 saturated carbocycles. The number of hydrogen-bond acceptors (Lipinski definition) is 4. The summed E-state index contributed by atoms with van der Waals surface area (Å²) in [6.07, 6.45) is 0. The molecule has 1 saturated heterocycles. The molecular formula is C22H27N3O3S. The number of carbonyl (C=O) groups excluding carboxylic acids is 3. The van der Waals surface area contributed by atoms with Gasteiger partial charge in [-0.1, -0.05) is 39.0 Å². The Morgan fingerprint density at radius 1 is 0.966 bits per heavy atom. The Hall–Kier alpha value is -2.67. The third-order valence-electron chi connectivity index (χ3n) is 4.89. The first kappa shape index (κ1) is 21.0. The molecule has 1 aliphatic rings. The number of amides is 3. The Morgan fingerprint density at radius 3 is 2.14 bits per heavy atom. The van der Waals surface area contributed by atoms with Crippen molar-refractivity contribution >= 4 is 29.1 Å². The van der Waals surface area contributed by atoms with Crippen LogP contribution in [0, 0.1) is 5.41 Å². The normalized spacial score (nSPS) is 14.6. The maximum atomic E-state index is 12.8. The molecule has 1 aliphatic heterocycles. The minimum Gasteiger partial charge on any atom is -0.347 e. The molecule has 0 bridgehead atoms. The van der Waals surface area contributed by atoms with Gasteiger partial charge in [-0.25, -0.2) is 0 Å². The second-order valence-corrected chi connectivity index (χ2v) is 9.14. The van der Waals surface area contributed by atoms with E-state index in [2.05, 4.69) is 5.32 Å². The Bertz CT molecular complexity index is 862. The summed E-state index contributed by atoms with van der Waals surface area (Å²) in [5.41, 5.74) is 1.15. The largest absolute Gasteiger partial charge is 0.347 e. The summed E-state index contributed by atoms with van der Waals surface area (Å²) in [4.78, 5) is 41.5. The second-order valence-electron chi connectivity index (χ2n) is 8.19. The first-order valence-electron chi connectivity index (χ1n) is 9.75. The molecule has 2 aromatic rings.